The zero-order chi connectivity index (χ0) is 14.5. The second kappa shape index (κ2) is 6.56. The number of hydrogen-bond acceptors (Lipinski definition) is 4. The fourth-order valence-electron chi connectivity index (χ4n) is 2.04. The van der Waals surface area contributed by atoms with Gasteiger partial charge in [0.05, 0.1) is 0 Å². The number of hydrogen-bond donors (Lipinski definition) is 2. The van der Waals surface area contributed by atoms with Crippen molar-refractivity contribution in [1.82, 2.24) is 15.2 Å². The van der Waals surface area contributed by atoms with Crippen LogP contribution in [0, 0.1) is 0 Å². The van der Waals surface area contributed by atoms with Gasteiger partial charge in [-0.2, -0.15) is 0 Å². The second-order valence-electron chi connectivity index (χ2n) is 4.55. The van der Waals surface area contributed by atoms with Crippen molar-refractivity contribution >= 4 is 11.8 Å². The maximum Gasteiger partial charge on any atom is 0.208 e. The summed E-state index contributed by atoms with van der Waals surface area (Å²) in [7, 11) is 0. The summed E-state index contributed by atoms with van der Waals surface area (Å²) in [5.41, 5.74) is 8.91. The molecule has 0 aliphatic carbocycles. The number of nitrogens with zero attached hydrogens (tertiary/aromatic N) is 2. The van der Waals surface area contributed by atoms with E-state index in [2.05, 4.69) is 51.6 Å². The third-order valence-electron chi connectivity index (χ3n) is 3.08. The van der Waals surface area contributed by atoms with Crippen LogP contribution in [0.15, 0.2) is 59.8 Å². The van der Waals surface area contributed by atoms with Gasteiger partial charge in [0.25, 0.3) is 0 Å². The first-order valence-electron chi connectivity index (χ1n) is 6.78. The highest BCUT2D eigenvalue weighted by molar-refractivity contribution is 7.99. The van der Waals surface area contributed by atoms with E-state index in [1.165, 1.54) is 11.1 Å². The van der Waals surface area contributed by atoms with Gasteiger partial charge in [0.1, 0.15) is 0 Å². The van der Waals surface area contributed by atoms with Gasteiger partial charge in [0.2, 0.25) is 5.16 Å². The Labute approximate surface area is 127 Å². The fraction of sp³-hybridized carbons (Fsp3) is 0.125. The molecule has 0 amide bonds. The van der Waals surface area contributed by atoms with E-state index in [0.29, 0.717) is 6.54 Å². The summed E-state index contributed by atoms with van der Waals surface area (Å²) in [5.74, 6) is 1.61. The van der Waals surface area contributed by atoms with Crippen LogP contribution >= 0.6 is 11.8 Å². The smallest absolute Gasteiger partial charge is 0.208 e. The molecule has 0 bridgehead atoms. The molecular weight excluding hydrogens is 280 g/mol. The van der Waals surface area contributed by atoms with Crippen molar-refractivity contribution in [3.63, 3.8) is 0 Å². The molecule has 106 valence electrons. The van der Waals surface area contributed by atoms with Crippen LogP contribution < -0.4 is 5.73 Å². The number of nitrogens with two attached hydrogens (primary N) is 1. The molecular formula is C16H16N4S. The van der Waals surface area contributed by atoms with Crippen LogP contribution in [-0.4, -0.2) is 27.5 Å². The monoisotopic (exact) mass is 296 g/mol. The van der Waals surface area contributed by atoms with Crippen molar-refractivity contribution in [3.05, 3.63) is 54.6 Å². The Bertz CT molecular complexity index is 692. The van der Waals surface area contributed by atoms with Crippen molar-refractivity contribution in [1.29, 1.82) is 0 Å². The largest absolute Gasteiger partial charge is 0.330 e. The van der Waals surface area contributed by atoms with E-state index in [1.807, 2.05) is 18.2 Å². The number of H-pyrrole nitrogens is 1. The Morgan fingerprint density at radius 1 is 0.905 bits per heavy atom. The zero-order valence-electron chi connectivity index (χ0n) is 11.5. The minimum atomic E-state index is 0.625. The predicted molar refractivity (Wildman–Crippen MR) is 87.0 cm³/mol. The first kappa shape index (κ1) is 13.9. The molecule has 0 saturated carbocycles. The molecule has 21 heavy (non-hydrogen) atoms. The molecule has 0 unspecified atom stereocenters. The van der Waals surface area contributed by atoms with Crippen molar-refractivity contribution in [3.8, 4) is 22.5 Å². The maximum absolute atomic E-state index is 5.48. The van der Waals surface area contributed by atoms with E-state index in [-0.39, 0.29) is 0 Å². The van der Waals surface area contributed by atoms with Crippen LogP contribution in [0.25, 0.3) is 22.5 Å². The molecule has 2 aromatic carbocycles. The summed E-state index contributed by atoms with van der Waals surface area (Å²) in [6.07, 6.45) is 0. The van der Waals surface area contributed by atoms with Crippen LogP contribution in [0.1, 0.15) is 0 Å². The Hall–Kier alpha value is -2.11. The third-order valence-corrected chi connectivity index (χ3v) is 3.96. The highest BCUT2D eigenvalue weighted by atomic mass is 32.2. The van der Waals surface area contributed by atoms with Crippen molar-refractivity contribution < 1.29 is 0 Å². The number of nitrogens with one attached hydrogen (secondary N) is 1. The van der Waals surface area contributed by atoms with Gasteiger partial charge < -0.3 is 5.73 Å². The van der Waals surface area contributed by atoms with Crippen molar-refractivity contribution in [2.75, 3.05) is 12.3 Å². The Balaban J connectivity index is 1.79. The summed E-state index contributed by atoms with van der Waals surface area (Å²) in [5, 5.41) is 7.89. The lowest BCUT2D eigenvalue weighted by molar-refractivity contribution is 0.971. The number of rotatable bonds is 5. The molecule has 0 aliphatic rings. The van der Waals surface area contributed by atoms with Gasteiger partial charge >= 0.3 is 0 Å². The summed E-state index contributed by atoms with van der Waals surface area (Å²) in [6.45, 7) is 0.625. The van der Waals surface area contributed by atoms with Gasteiger partial charge in [-0.05, 0) is 11.1 Å². The summed E-state index contributed by atoms with van der Waals surface area (Å²) < 4.78 is 0. The summed E-state index contributed by atoms with van der Waals surface area (Å²) >= 11 is 1.56. The molecule has 0 radical (unpaired) electrons. The predicted octanol–water partition coefficient (Wildman–Crippen LogP) is 3.19. The van der Waals surface area contributed by atoms with Gasteiger partial charge in [-0.15, -0.1) is 5.10 Å². The van der Waals surface area contributed by atoms with Crippen LogP contribution in [0.4, 0.5) is 0 Å². The number of aromatic nitrogens is 3. The Morgan fingerprint density at radius 3 is 2.29 bits per heavy atom. The van der Waals surface area contributed by atoms with E-state index in [9.17, 15) is 0 Å². The van der Waals surface area contributed by atoms with E-state index in [1.54, 1.807) is 11.8 Å². The van der Waals surface area contributed by atoms with Gasteiger partial charge in [-0.25, -0.2) is 4.98 Å². The standard InChI is InChI=1S/C16H16N4S/c17-10-11-21-16-18-15(19-20-16)14-8-6-13(7-9-14)12-4-2-1-3-5-12/h1-9H,10-11,17H2,(H,18,19,20). The van der Waals surface area contributed by atoms with E-state index >= 15 is 0 Å². The van der Waals surface area contributed by atoms with E-state index in [4.69, 9.17) is 5.73 Å². The average Bonchev–Trinajstić information content (AvgIpc) is 3.03. The Kier molecular flexibility index (Phi) is 4.33. The van der Waals surface area contributed by atoms with Crippen LogP contribution in [-0.2, 0) is 0 Å². The molecule has 0 atom stereocenters. The Morgan fingerprint density at radius 2 is 1.57 bits per heavy atom. The molecule has 3 N–H and O–H groups in total. The highest BCUT2D eigenvalue weighted by Crippen LogP contribution is 2.23. The number of thioether (sulfide) groups is 1. The normalized spacial score (nSPS) is 10.7. The van der Waals surface area contributed by atoms with Gasteiger partial charge in [0, 0.05) is 17.9 Å². The lowest BCUT2D eigenvalue weighted by Gasteiger charge is -2.02. The van der Waals surface area contributed by atoms with Crippen LogP contribution in [0.3, 0.4) is 0 Å². The molecule has 0 saturated heterocycles. The molecule has 4 nitrogen and oxygen atoms in total. The summed E-state index contributed by atoms with van der Waals surface area (Å²) in [4.78, 5) is 4.46. The SMILES string of the molecule is NCCSc1n[nH]c(-c2ccc(-c3ccccc3)cc2)n1. The molecule has 0 aliphatic heterocycles. The quantitative estimate of drug-likeness (QED) is 0.710. The van der Waals surface area contributed by atoms with E-state index < -0.39 is 0 Å². The van der Waals surface area contributed by atoms with E-state index in [0.717, 1.165) is 22.3 Å². The second-order valence-corrected chi connectivity index (χ2v) is 5.61. The maximum atomic E-state index is 5.48. The van der Waals surface area contributed by atoms with Gasteiger partial charge in [-0.1, -0.05) is 66.4 Å². The number of benzene rings is 2. The molecule has 5 heteroatoms. The topological polar surface area (TPSA) is 67.6 Å². The summed E-state index contributed by atoms with van der Waals surface area (Å²) in [6, 6.07) is 18.6. The zero-order valence-corrected chi connectivity index (χ0v) is 12.3. The number of aromatic amines is 1. The molecule has 0 fully saturated rings. The van der Waals surface area contributed by atoms with Crippen molar-refractivity contribution in [2.45, 2.75) is 5.16 Å². The first-order valence-corrected chi connectivity index (χ1v) is 7.76. The molecule has 0 spiro atoms. The van der Waals surface area contributed by atoms with Gasteiger partial charge in [-0.3, -0.25) is 5.10 Å². The lowest BCUT2D eigenvalue weighted by Crippen LogP contribution is -2.01. The molecule has 1 aromatic heterocycles. The minimum Gasteiger partial charge on any atom is -0.330 e. The van der Waals surface area contributed by atoms with Crippen LogP contribution in [0.5, 0.6) is 0 Å². The molecule has 3 rings (SSSR count). The minimum absolute atomic E-state index is 0.625. The third kappa shape index (κ3) is 3.32. The van der Waals surface area contributed by atoms with Gasteiger partial charge in [0.15, 0.2) is 5.82 Å². The molecule has 1 heterocycles. The van der Waals surface area contributed by atoms with Crippen LogP contribution in [0.2, 0.25) is 0 Å². The first-order chi connectivity index (χ1) is 10.4. The van der Waals surface area contributed by atoms with Crippen molar-refractivity contribution in [2.24, 2.45) is 5.73 Å². The highest BCUT2D eigenvalue weighted by Gasteiger charge is 2.06. The lowest BCUT2D eigenvalue weighted by atomic mass is 10.0. The fourth-order valence-corrected chi connectivity index (χ4v) is 2.61. The molecule has 3 aromatic rings. The average molecular weight is 296 g/mol.